The maximum Gasteiger partial charge on any atom is 0.416 e. The van der Waals surface area contributed by atoms with Gasteiger partial charge >= 0.3 is 6.18 Å². The Labute approximate surface area is 156 Å². The van der Waals surface area contributed by atoms with Crippen molar-refractivity contribution in [3.8, 4) is 11.5 Å². The lowest BCUT2D eigenvalue weighted by molar-refractivity contribution is -0.137. The highest BCUT2D eigenvalue weighted by molar-refractivity contribution is 7.99. The monoisotopic (exact) mass is 384 g/mol. The smallest absolute Gasteiger partial charge is 0.416 e. The van der Waals surface area contributed by atoms with Crippen molar-refractivity contribution in [2.45, 2.75) is 37.8 Å². The molecule has 0 atom stereocenters. The van der Waals surface area contributed by atoms with E-state index in [1.165, 1.54) is 22.6 Å². The lowest BCUT2D eigenvalue weighted by Gasteiger charge is -2.12. The number of benzene rings is 2. The second-order valence-corrected chi connectivity index (χ2v) is 6.99. The minimum Gasteiger partial charge on any atom is -0.493 e. The van der Waals surface area contributed by atoms with Crippen molar-refractivity contribution in [3.63, 3.8) is 0 Å². The van der Waals surface area contributed by atoms with Gasteiger partial charge in [-0.3, -0.25) is 0 Å². The van der Waals surface area contributed by atoms with E-state index in [1.54, 1.807) is 0 Å². The summed E-state index contributed by atoms with van der Waals surface area (Å²) in [5.41, 5.74) is 0.520. The molecule has 0 saturated heterocycles. The van der Waals surface area contributed by atoms with Crippen LogP contribution in [0.1, 0.15) is 30.9 Å². The Morgan fingerprint density at radius 1 is 0.962 bits per heavy atom. The predicted molar refractivity (Wildman–Crippen MR) is 99.2 cm³/mol. The van der Waals surface area contributed by atoms with E-state index in [4.69, 9.17) is 9.47 Å². The van der Waals surface area contributed by atoms with Crippen molar-refractivity contribution >= 4 is 11.8 Å². The fourth-order valence-corrected chi connectivity index (χ4v) is 3.16. The van der Waals surface area contributed by atoms with Crippen molar-refractivity contribution in [1.82, 2.24) is 0 Å². The number of rotatable bonds is 9. The first-order valence-electron chi connectivity index (χ1n) is 8.56. The van der Waals surface area contributed by atoms with Crippen LogP contribution < -0.4 is 9.47 Å². The van der Waals surface area contributed by atoms with Crippen LogP contribution in [0.2, 0.25) is 0 Å². The number of thioether (sulfide) groups is 1. The van der Waals surface area contributed by atoms with Crippen molar-refractivity contribution in [3.05, 3.63) is 53.6 Å². The van der Waals surface area contributed by atoms with E-state index in [2.05, 4.69) is 13.8 Å². The summed E-state index contributed by atoms with van der Waals surface area (Å²) < 4.78 is 49.1. The van der Waals surface area contributed by atoms with Gasteiger partial charge in [0.2, 0.25) is 0 Å². The van der Waals surface area contributed by atoms with Crippen LogP contribution in [0, 0.1) is 6.92 Å². The molecule has 142 valence electrons. The summed E-state index contributed by atoms with van der Waals surface area (Å²) in [7, 11) is 0. The first-order chi connectivity index (χ1) is 12.4. The second-order valence-electron chi connectivity index (χ2n) is 5.85. The molecule has 26 heavy (non-hydrogen) atoms. The van der Waals surface area contributed by atoms with E-state index in [9.17, 15) is 13.2 Å². The third-order valence-corrected chi connectivity index (χ3v) is 4.97. The molecule has 0 aliphatic heterocycles. The molecule has 0 fully saturated rings. The van der Waals surface area contributed by atoms with Crippen LogP contribution >= 0.6 is 11.8 Å². The van der Waals surface area contributed by atoms with Gasteiger partial charge in [-0.25, -0.2) is 0 Å². The number of ether oxygens (including phenoxy) is 2. The Morgan fingerprint density at radius 2 is 1.65 bits per heavy atom. The van der Waals surface area contributed by atoms with E-state index in [0.29, 0.717) is 19.6 Å². The number of alkyl halides is 3. The standard InChI is InChI=1S/C20H23F3O2S/c1-3-12-26-19-14-18(9-8-15(19)2)25-11-5-10-24-17-7-4-6-16(13-17)20(21,22)23/h4,6-9,13-14H,3,5,10-12H2,1-2H3. The molecule has 0 spiro atoms. The summed E-state index contributed by atoms with van der Waals surface area (Å²) in [6, 6.07) is 10.9. The molecule has 2 aromatic rings. The largest absolute Gasteiger partial charge is 0.493 e. The zero-order valence-electron chi connectivity index (χ0n) is 14.9. The van der Waals surface area contributed by atoms with E-state index in [1.807, 2.05) is 30.0 Å². The van der Waals surface area contributed by atoms with Crippen LogP contribution in [-0.2, 0) is 6.18 Å². The number of halogens is 3. The van der Waals surface area contributed by atoms with Gasteiger partial charge in [-0.1, -0.05) is 19.1 Å². The Balaban J connectivity index is 1.77. The third-order valence-electron chi connectivity index (χ3n) is 3.61. The molecule has 6 heteroatoms. The van der Waals surface area contributed by atoms with Gasteiger partial charge in [-0.05, 0) is 55.0 Å². The topological polar surface area (TPSA) is 18.5 Å². The van der Waals surface area contributed by atoms with Gasteiger partial charge in [0.05, 0.1) is 18.8 Å². The van der Waals surface area contributed by atoms with Gasteiger partial charge in [0.1, 0.15) is 11.5 Å². The normalized spacial score (nSPS) is 11.4. The molecule has 0 saturated carbocycles. The number of aryl methyl sites for hydroxylation is 1. The first-order valence-corrected chi connectivity index (χ1v) is 9.55. The summed E-state index contributed by atoms with van der Waals surface area (Å²) in [5.74, 6) is 2.08. The Hall–Kier alpha value is -1.82. The van der Waals surface area contributed by atoms with Crippen LogP contribution in [0.25, 0.3) is 0 Å². The molecule has 0 amide bonds. The zero-order chi connectivity index (χ0) is 19.0. The van der Waals surface area contributed by atoms with Crippen molar-refractivity contribution in [1.29, 1.82) is 0 Å². The van der Waals surface area contributed by atoms with Gasteiger partial charge < -0.3 is 9.47 Å². The average Bonchev–Trinajstić information content (AvgIpc) is 2.61. The molecular formula is C20H23F3O2S. The zero-order valence-corrected chi connectivity index (χ0v) is 15.8. The maximum absolute atomic E-state index is 12.7. The quantitative estimate of drug-likeness (QED) is 0.370. The second kappa shape index (κ2) is 9.76. The van der Waals surface area contributed by atoms with Gasteiger partial charge in [0, 0.05) is 11.3 Å². The van der Waals surface area contributed by atoms with Crippen LogP contribution in [0.15, 0.2) is 47.4 Å². The molecule has 2 rings (SSSR count). The highest BCUT2D eigenvalue weighted by Gasteiger charge is 2.30. The SMILES string of the molecule is CCCSc1cc(OCCCOc2cccc(C(F)(F)F)c2)ccc1C. The minimum atomic E-state index is -4.36. The third kappa shape index (κ3) is 6.48. The predicted octanol–water partition coefficient (Wildman–Crippen LogP) is 6.36. The van der Waals surface area contributed by atoms with E-state index in [0.717, 1.165) is 30.1 Å². The summed E-state index contributed by atoms with van der Waals surface area (Å²) in [6.07, 6.45) is -2.66. The first kappa shape index (κ1) is 20.5. The fourth-order valence-electron chi connectivity index (χ4n) is 2.24. The number of hydrogen-bond acceptors (Lipinski definition) is 3. The highest BCUT2D eigenvalue weighted by atomic mass is 32.2. The van der Waals surface area contributed by atoms with E-state index < -0.39 is 11.7 Å². The molecule has 0 aromatic heterocycles. The van der Waals surface area contributed by atoms with Crippen LogP contribution in [0.5, 0.6) is 11.5 Å². The van der Waals surface area contributed by atoms with Gasteiger partial charge in [-0.15, -0.1) is 11.8 Å². The maximum atomic E-state index is 12.7. The fraction of sp³-hybridized carbons (Fsp3) is 0.400. The molecule has 0 bridgehead atoms. The molecule has 0 aliphatic rings. The summed E-state index contributed by atoms with van der Waals surface area (Å²) in [4.78, 5) is 1.21. The molecular weight excluding hydrogens is 361 g/mol. The van der Waals surface area contributed by atoms with Crippen LogP contribution in [0.4, 0.5) is 13.2 Å². The molecule has 0 unspecified atom stereocenters. The van der Waals surface area contributed by atoms with Crippen LogP contribution in [0.3, 0.4) is 0 Å². The van der Waals surface area contributed by atoms with E-state index in [-0.39, 0.29) is 5.75 Å². The van der Waals surface area contributed by atoms with Gasteiger partial charge in [0.25, 0.3) is 0 Å². The Morgan fingerprint density at radius 3 is 2.31 bits per heavy atom. The molecule has 2 aromatic carbocycles. The lowest BCUT2D eigenvalue weighted by Crippen LogP contribution is -2.07. The van der Waals surface area contributed by atoms with Crippen molar-refractivity contribution in [2.24, 2.45) is 0 Å². The minimum absolute atomic E-state index is 0.216. The Bertz CT molecular complexity index is 702. The van der Waals surface area contributed by atoms with Gasteiger partial charge in [-0.2, -0.15) is 13.2 Å². The van der Waals surface area contributed by atoms with Crippen LogP contribution in [-0.4, -0.2) is 19.0 Å². The molecule has 2 nitrogen and oxygen atoms in total. The summed E-state index contributed by atoms with van der Waals surface area (Å²) >= 11 is 1.81. The molecule has 0 aliphatic carbocycles. The van der Waals surface area contributed by atoms with E-state index >= 15 is 0 Å². The molecule has 0 heterocycles. The van der Waals surface area contributed by atoms with Crippen molar-refractivity contribution < 1.29 is 22.6 Å². The average molecular weight is 384 g/mol. The highest BCUT2D eigenvalue weighted by Crippen LogP contribution is 2.31. The Kier molecular flexibility index (Phi) is 7.69. The number of hydrogen-bond donors (Lipinski definition) is 0. The molecule has 0 N–H and O–H groups in total. The summed E-state index contributed by atoms with van der Waals surface area (Å²) in [5, 5.41) is 0. The summed E-state index contributed by atoms with van der Waals surface area (Å²) in [6.45, 7) is 4.96. The lowest BCUT2D eigenvalue weighted by atomic mass is 10.2. The van der Waals surface area contributed by atoms with Crippen molar-refractivity contribution in [2.75, 3.05) is 19.0 Å². The molecule has 0 radical (unpaired) electrons. The van der Waals surface area contributed by atoms with Gasteiger partial charge in [0.15, 0.2) is 0 Å².